The zero-order chi connectivity index (χ0) is 12.0. The summed E-state index contributed by atoms with van der Waals surface area (Å²) in [4.78, 5) is 11.6. The van der Waals surface area contributed by atoms with Gasteiger partial charge in [-0.2, -0.15) is 5.26 Å². The molecule has 1 aromatic rings. The van der Waals surface area contributed by atoms with Crippen molar-refractivity contribution in [3.05, 3.63) is 34.3 Å². The Bertz CT molecular complexity index is 424. The quantitative estimate of drug-likeness (QED) is 0.757. The third-order valence-electron chi connectivity index (χ3n) is 2.10. The molecule has 0 unspecified atom stereocenters. The number of carbonyl (C=O) groups is 1. The minimum absolute atomic E-state index is 0.322. The average molecular weight is 238 g/mol. The molecule has 0 aliphatic heterocycles. The van der Waals surface area contributed by atoms with Crippen molar-refractivity contribution >= 4 is 17.6 Å². The van der Waals surface area contributed by atoms with Crippen LogP contribution in [0.1, 0.15) is 29.3 Å². The fourth-order valence-corrected chi connectivity index (χ4v) is 1.66. The molecule has 3 nitrogen and oxygen atoms in total. The van der Waals surface area contributed by atoms with E-state index >= 15 is 0 Å². The first kappa shape index (κ1) is 12.5. The van der Waals surface area contributed by atoms with Crippen LogP contribution >= 0.6 is 11.6 Å². The summed E-state index contributed by atoms with van der Waals surface area (Å²) in [6.45, 7) is 2.07. The van der Waals surface area contributed by atoms with Crippen LogP contribution in [0, 0.1) is 11.3 Å². The third kappa shape index (κ3) is 2.98. The Morgan fingerprint density at radius 1 is 1.56 bits per heavy atom. The fourth-order valence-electron chi connectivity index (χ4n) is 1.39. The van der Waals surface area contributed by atoms with Crippen LogP contribution in [-0.4, -0.2) is 12.6 Å². The lowest BCUT2D eigenvalue weighted by atomic mass is 10.0. The maximum atomic E-state index is 11.6. The molecule has 16 heavy (non-hydrogen) atoms. The van der Waals surface area contributed by atoms with E-state index in [0.29, 0.717) is 35.6 Å². The monoisotopic (exact) mass is 237 g/mol. The number of benzene rings is 1. The molecule has 0 saturated carbocycles. The maximum Gasteiger partial charge on any atom is 0.338 e. The van der Waals surface area contributed by atoms with E-state index < -0.39 is 5.97 Å². The molecule has 0 amide bonds. The number of nitriles is 1. The van der Waals surface area contributed by atoms with Crippen LogP contribution in [0.2, 0.25) is 5.02 Å². The van der Waals surface area contributed by atoms with E-state index in [0.717, 1.165) is 0 Å². The Hall–Kier alpha value is -1.53. The van der Waals surface area contributed by atoms with E-state index in [1.807, 2.05) is 6.07 Å². The summed E-state index contributed by atoms with van der Waals surface area (Å²) in [6, 6.07) is 7.10. The first-order chi connectivity index (χ1) is 7.70. The smallest absolute Gasteiger partial charge is 0.338 e. The molecule has 0 saturated heterocycles. The topological polar surface area (TPSA) is 50.1 Å². The van der Waals surface area contributed by atoms with Gasteiger partial charge in [0.2, 0.25) is 0 Å². The summed E-state index contributed by atoms with van der Waals surface area (Å²) in [7, 11) is 0. The Labute approximate surface area is 99.6 Å². The zero-order valence-corrected chi connectivity index (χ0v) is 9.75. The molecule has 0 N–H and O–H groups in total. The highest BCUT2D eigenvalue weighted by atomic mass is 35.5. The van der Waals surface area contributed by atoms with Gasteiger partial charge in [0, 0.05) is 11.4 Å². The van der Waals surface area contributed by atoms with Crippen molar-refractivity contribution in [1.29, 1.82) is 5.26 Å². The van der Waals surface area contributed by atoms with Crippen LogP contribution in [-0.2, 0) is 11.2 Å². The van der Waals surface area contributed by atoms with Gasteiger partial charge >= 0.3 is 5.97 Å². The van der Waals surface area contributed by atoms with E-state index in [1.165, 1.54) is 0 Å². The Balaban J connectivity index is 3.03. The first-order valence-corrected chi connectivity index (χ1v) is 5.40. The lowest BCUT2D eigenvalue weighted by molar-refractivity contribution is 0.0525. The number of hydrogen-bond acceptors (Lipinski definition) is 3. The SMILES string of the molecule is CCOC(=O)c1cccc(Cl)c1CCC#N. The van der Waals surface area contributed by atoms with Gasteiger partial charge in [-0.15, -0.1) is 0 Å². The molecular formula is C12H12ClNO2. The largest absolute Gasteiger partial charge is 0.462 e. The van der Waals surface area contributed by atoms with Crippen LogP contribution in [0.25, 0.3) is 0 Å². The molecule has 1 rings (SSSR count). The molecule has 0 fully saturated rings. The summed E-state index contributed by atoms with van der Waals surface area (Å²) < 4.78 is 4.92. The molecule has 0 radical (unpaired) electrons. The normalized spacial score (nSPS) is 9.56. The minimum atomic E-state index is -0.391. The van der Waals surface area contributed by atoms with Crippen LogP contribution in [0.15, 0.2) is 18.2 Å². The number of halogens is 1. The van der Waals surface area contributed by atoms with Crippen molar-refractivity contribution in [2.45, 2.75) is 19.8 Å². The van der Waals surface area contributed by atoms with Crippen LogP contribution in [0.4, 0.5) is 0 Å². The van der Waals surface area contributed by atoms with Crippen LogP contribution < -0.4 is 0 Å². The number of ether oxygens (including phenoxy) is 1. The van der Waals surface area contributed by atoms with Crippen LogP contribution in [0.3, 0.4) is 0 Å². The summed E-state index contributed by atoms with van der Waals surface area (Å²) in [5, 5.41) is 9.04. The van der Waals surface area contributed by atoms with E-state index in [-0.39, 0.29) is 0 Å². The summed E-state index contributed by atoms with van der Waals surface area (Å²) in [5.41, 5.74) is 1.13. The van der Waals surface area contributed by atoms with Gasteiger partial charge in [-0.3, -0.25) is 0 Å². The van der Waals surface area contributed by atoms with Crippen molar-refractivity contribution < 1.29 is 9.53 Å². The Morgan fingerprint density at radius 3 is 2.94 bits per heavy atom. The summed E-state index contributed by atoms with van der Waals surface area (Å²) >= 11 is 5.99. The van der Waals surface area contributed by atoms with Gasteiger partial charge in [0.05, 0.1) is 18.2 Å². The molecule has 1 aromatic carbocycles. The van der Waals surface area contributed by atoms with Gasteiger partial charge in [0.15, 0.2) is 0 Å². The molecule has 0 spiro atoms. The molecule has 0 atom stereocenters. The summed E-state index contributed by atoms with van der Waals surface area (Å²) in [5.74, 6) is -0.391. The van der Waals surface area contributed by atoms with Gasteiger partial charge < -0.3 is 4.74 Å². The highest BCUT2D eigenvalue weighted by Gasteiger charge is 2.14. The predicted octanol–water partition coefficient (Wildman–Crippen LogP) is 2.97. The molecule has 4 heteroatoms. The number of rotatable bonds is 4. The highest BCUT2D eigenvalue weighted by molar-refractivity contribution is 6.31. The molecule has 0 bridgehead atoms. The molecular weight excluding hydrogens is 226 g/mol. The van der Waals surface area contributed by atoms with Crippen molar-refractivity contribution in [1.82, 2.24) is 0 Å². The van der Waals surface area contributed by atoms with E-state index in [2.05, 4.69) is 0 Å². The standard InChI is InChI=1S/C12H12ClNO2/c1-2-16-12(15)10-5-3-7-11(13)9(10)6-4-8-14/h3,5,7H,2,4,6H2,1H3. The van der Waals surface area contributed by atoms with Gasteiger partial charge in [-0.1, -0.05) is 17.7 Å². The summed E-state index contributed by atoms with van der Waals surface area (Å²) in [6.07, 6.45) is 0.792. The number of nitrogens with zero attached hydrogens (tertiary/aromatic N) is 1. The number of carbonyl (C=O) groups excluding carboxylic acids is 1. The van der Waals surface area contributed by atoms with E-state index in [9.17, 15) is 4.79 Å². The molecule has 84 valence electrons. The zero-order valence-electron chi connectivity index (χ0n) is 9.00. The van der Waals surface area contributed by atoms with Gasteiger partial charge in [-0.05, 0) is 31.0 Å². The second-order valence-corrected chi connectivity index (χ2v) is 3.55. The average Bonchev–Trinajstić information content (AvgIpc) is 2.27. The highest BCUT2D eigenvalue weighted by Crippen LogP contribution is 2.22. The lowest BCUT2D eigenvalue weighted by Crippen LogP contribution is -2.08. The fraction of sp³-hybridized carbons (Fsp3) is 0.333. The van der Waals surface area contributed by atoms with Gasteiger partial charge in [0.1, 0.15) is 0 Å². The van der Waals surface area contributed by atoms with Crippen molar-refractivity contribution in [3.8, 4) is 6.07 Å². The van der Waals surface area contributed by atoms with E-state index in [1.54, 1.807) is 25.1 Å². The van der Waals surface area contributed by atoms with Crippen molar-refractivity contribution in [3.63, 3.8) is 0 Å². The Morgan fingerprint density at radius 2 is 2.31 bits per heavy atom. The van der Waals surface area contributed by atoms with Crippen LogP contribution in [0.5, 0.6) is 0 Å². The van der Waals surface area contributed by atoms with Crippen molar-refractivity contribution in [2.24, 2.45) is 0 Å². The van der Waals surface area contributed by atoms with E-state index in [4.69, 9.17) is 21.6 Å². The second-order valence-electron chi connectivity index (χ2n) is 3.14. The minimum Gasteiger partial charge on any atom is -0.462 e. The number of esters is 1. The third-order valence-corrected chi connectivity index (χ3v) is 2.46. The molecule has 0 aliphatic rings. The molecule has 0 aliphatic carbocycles. The lowest BCUT2D eigenvalue weighted by Gasteiger charge is -2.08. The van der Waals surface area contributed by atoms with Crippen molar-refractivity contribution in [2.75, 3.05) is 6.61 Å². The molecule has 0 aromatic heterocycles. The second kappa shape index (κ2) is 6.14. The van der Waals surface area contributed by atoms with Gasteiger partial charge in [0.25, 0.3) is 0 Å². The van der Waals surface area contributed by atoms with Gasteiger partial charge in [-0.25, -0.2) is 4.79 Å². The Kier molecular flexibility index (Phi) is 4.81. The number of hydrogen-bond donors (Lipinski definition) is 0. The first-order valence-electron chi connectivity index (χ1n) is 5.02. The maximum absolute atomic E-state index is 11.6. The predicted molar refractivity (Wildman–Crippen MR) is 61.3 cm³/mol. The molecule has 0 heterocycles.